The van der Waals surface area contributed by atoms with Crippen molar-refractivity contribution in [1.82, 2.24) is 10.6 Å². The van der Waals surface area contributed by atoms with Gasteiger partial charge in [-0.15, -0.1) is 0 Å². The molecule has 0 bridgehead atoms. The molecule has 0 radical (unpaired) electrons. The van der Waals surface area contributed by atoms with Crippen molar-refractivity contribution in [3.8, 4) is 6.07 Å². The summed E-state index contributed by atoms with van der Waals surface area (Å²) in [6.45, 7) is 3.83. The third-order valence-corrected chi connectivity index (χ3v) is 2.70. The van der Waals surface area contributed by atoms with E-state index in [4.69, 9.17) is 5.26 Å². The number of rotatable bonds is 5. The predicted octanol–water partition coefficient (Wildman–Crippen LogP) is -0.444. The number of ether oxygens (including phenoxy) is 1. The Morgan fingerprint density at radius 2 is 2.24 bits per heavy atom. The second-order valence-electron chi connectivity index (χ2n) is 4.51. The van der Waals surface area contributed by atoms with Gasteiger partial charge in [0.1, 0.15) is 6.54 Å². The average Bonchev–Trinajstić information content (AvgIpc) is 2.99. The van der Waals surface area contributed by atoms with Crippen LogP contribution in [0.15, 0.2) is 0 Å². The zero-order valence-electron chi connectivity index (χ0n) is 10.2. The third-order valence-electron chi connectivity index (χ3n) is 2.70. The fourth-order valence-electron chi connectivity index (χ4n) is 1.69. The maximum absolute atomic E-state index is 11.8. The van der Waals surface area contributed by atoms with Gasteiger partial charge >= 0.3 is 5.97 Å². The summed E-state index contributed by atoms with van der Waals surface area (Å²) in [5, 5.41) is 14.3. The lowest BCUT2D eigenvalue weighted by Gasteiger charge is -2.08. The maximum atomic E-state index is 11.8. The summed E-state index contributed by atoms with van der Waals surface area (Å²) in [4.78, 5) is 22.6. The first-order valence-electron chi connectivity index (χ1n) is 5.50. The normalized spacial score (nSPS) is 26.2. The van der Waals surface area contributed by atoms with Crippen molar-refractivity contribution in [1.29, 1.82) is 5.26 Å². The lowest BCUT2D eigenvalue weighted by atomic mass is 9.98. The molecule has 0 aromatic carbocycles. The number of esters is 1. The van der Waals surface area contributed by atoms with Crippen LogP contribution in [0.25, 0.3) is 0 Å². The van der Waals surface area contributed by atoms with Crippen LogP contribution in [0.5, 0.6) is 0 Å². The molecule has 0 spiro atoms. The Labute approximate surface area is 100 Å². The van der Waals surface area contributed by atoms with Crippen molar-refractivity contribution in [3.63, 3.8) is 0 Å². The summed E-state index contributed by atoms with van der Waals surface area (Å²) in [5.74, 6) is -0.598. The second kappa shape index (κ2) is 5.15. The molecule has 1 aliphatic heterocycles. The summed E-state index contributed by atoms with van der Waals surface area (Å²) >= 11 is 0. The van der Waals surface area contributed by atoms with E-state index in [2.05, 4.69) is 15.4 Å². The number of amides is 1. The summed E-state index contributed by atoms with van der Waals surface area (Å²) < 4.78 is 4.40. The quantitative estimate of drug-likeness (QED) is 0.500. The number of carbonyl (C=O) groups excluding carboxylic acids is 2. The largest absolute Gasteiger partial charge is 0.468 e. The molecule has 1 aliphatic rings. The van der Waals surface area contributed by atoms with Gasteiger partial charge in [-0.25, -0.2) is 0 Å². The number of hydrogen-bond acceptors (Lipinski definition) is 5. The lowest BCUT2D eigenvalue weighted by molar-refractivity contribution is -0.141. The van der Waals surface area contributed by atoms with Gasteiger partial charge in [-0.2, -0.15) is 5.26 Å². The molecular weight excluding hydrogens is 222 g/mol. The number of carbonyl (C=O) groups is 2. The van der Waals surface area contributed by atoms with Crippen LogP contribution in [0.4, 0.5) is 0 Å². The third kappa shape index (κ3) is 2.94. The molecule has 0 unspecified atom stereocenters. The molecule has 2 atom stereocenters. The number of nitrogens with one attached hydrogen (secondary N) is 2. The number of hydrogen-bond donors (Lipinski definition) is 2. The van der Waals surface area contributed by atoms with Gasteiger partial charge in [-0.3, -0.25) is 14.9 Å². The van der Waals surface area contributed by atoms with Gasteiger partial charge in [0.2, 0.25) is 5.54 Å². The van der Waals surface area contributed by atoms with E-state index in [0.717, 1.165) is 6.42 Å². The molecule has 94 valence electrons. The molecule has 6 heteroatoms. The van der Waals surface area contributed by atoms with Crippen molar-refractivity contribution in [2.45, 2.75) is 31.8 Å². The maximum Gasteiger partial charge on any atom is 0.325 e. The Hall–Kier alpha value is -1.61. The van der Waals surface area contributed by atoms with Crippen molar-refractivity contribution in [2.75, 3.05) is 13.7 Å². The molecule has 0 aliphatic carbocycles. The molecule has 0 saturated carbocycles. The summed E-state index contributed by atoms with van der Waals surface area (Å²) in [5.41, 5.74) is -1.17. The fourth-order valence-corrected chi connectivity index (χ4v) is 1.69. The Morgan fingerprint density at radius 1 is 1.59 bits per heavy atom. The molecule has 1 saturated heterocycles. The highest BCUT2D eigenvalue weighted by atomic mass is 16.5. The highest BCUT2D eigenvalue weighted by Crippen LogP contribution is 2.31. The van der Waals surface area contributed by atoms with Crippen LogP contribution in [0, 0.1) is 17.2 Å². The van der Waals surface area contributed by atoms with Gasteiger partial charge in [0.05, 0.1) is 13.2 Å². The van der Waals surface area contributed by atoms with Gasteiger partial charge in [0, 0.05) is 6.04 Å². The molecule has 17 heavy (non-hydrogen) atoms. The summed E-state index contributed by atoms with van der Waals surface area (Å²) in [6, 6.07) is 1.84. The monoisotopic (exact) mass is 239 g/mol. The zero-order valence-corrected chi connectivity index (χ0v) is 10.2. The molecule has 1 rings (SSSR count). The van der Waals surface area contributed by atoms with Gasteiger partial charge in [0.15, 0.2) is 0 Å². The Kier molecular flexibility index (Phi) is 4.07. The second-order valence-corrected chi connectivity index (χ2v) is 4.51. The number of nitriles is 1. The molecule has 1 amide bonds. The molecule has 1 heterocycles. The van der Waals surface area contributed by atoms with Gasteiger partial charge < -0.3 is 10.1 Å². The highest BCUT2D eigenvalue weighted by molar-refractivity contribution is 5.95. The van der Waals surface area contributed by atoms with E-state index in [1.807, 2.05) is 19.9 Å². The van der Waals surface area contributed by atoms with E-state index in [0.29, 0.717) is 5.92 Å². The van der Waals surface area contributed by atoms with E-state index < -0.39 is 17.4 Å². The van der Waals surface area contributed by atoms with Crippen molar-refractivity contribution in [2.24, 2.45) is 5.92 Å². The van der Waals surface area contributed by atoms with Crippen LogP contribution in [-0.2, 0) is 14.3 Å². The molecule has 2 N–H and O–H groups in total. The summed E-state index contributed by atoms with van der Waals surface area (Å²) in [7, 11) is 1.24. The van der Waals surface area contributed by atoms with E-state index in [1.165, 1.54) is 7.11 Å². The van der Waals surface area contributed by atoms with E-state index in [9.17, 15) is 9.59 Å². The molecule has 0 aromatic rings. The molecule has 6 nitrogen and oxygen atoms in total. The van der Waals surface area contributed by atoms with Crippen molar-refractivity contribution in [3.05, 3.63) is 0 Å². The van der Waals surface area contributed by atoms with Crippen LogP contribution >= 0.6 is 0 Å². The minimum Gasteiger partial charge on any atom is -0.468 e. The number of nitrogens with zero attached hydrogens (tertiary/aromatic N) is 1. The first-order valence-corrected chi connectivity index (χ1v) is 5.50. The smallest absolute Gasteiger partial charge is 0.325 e. The van der Waals surface area contributed by atoms with Crippen LogP contribution in [0.1, 0.15) is 20.3 Å². The van der Waals surface area contributed by atoms with Crippen molar-refractivity contribution >= 4 is 11.9 Å². The van der Waals surface area contributed by atoms with E-state index in [1.54, 1.807) is 0 Å². The predicted molar refractivity (Wildman–Crippen MR) is 59.7 cm³/mol. The van der Waals surface area contributed by atoms with E-state index >= 15 is 0 Å². The first-order chi connectivity index (χ1) is 7.96. The Bertz CT molecular complexity index is 361. The minimum absolute atomic E-state index is 0.134. The van der Waals surface area contributed by atoms with Crippen LogP contribution in [0.2, 0.25) is 0 Å². The zero-order chi connectivity index (χ0) is 13.1. The SMILES string of the molecule is COC(=O)CNC(=O)[C@@]1(C#N)N[C@@H]1CC(C)C. The molecule has 1 fully saturated rings. The minimum atomic E-state index is -1.17. The molecular formula is C11H17N3O3. The summed E-state index contributed by atoms with van der Waals surface area (Å²) in [6.07, 6.45) is 0.749. The average molecular weight is 239 g/mol. The van der Waals surface area contributed by atoms with Crippen LogP contribution in [0.3, 0.4) is 0 Å². The Morgan fingerprint density at radius 3 is 2.71 bits per heavy atom. The van der Waals surface area contributed by atoms with E-state index in [-0.39, 0.29) is 12.6 Å². The first kappa shape index (κ1) is 13.5. The topological polar surface area (TPSA) is 101 Å². The van der Waals surface area contributed by atoms with Gasteiger partial charge in [0.25, 0.3) is 5.91 Å². The highest BCUT2D eigenvalue weighted by Gasteiger charge is 2.60. The van der Waals surface area contributed by atoms with Gasteiger partial charge in [-0.1, -0.05) is 13.8 Å². The standard InChI is InChI=1S/C11H17N3O3/c1-7(2)4-8-11(6-12,14-8)10(16)13-5-9(15)17-3/h7-8,14H,4-5H2,1-3H3,(H,13,16)/t8-,11+/m1/s1. The van der Waals surface area contributed by atoms with Crippen LogP contribution in [-0.4, -0.2) is 37.1 Å². The van der Waals surface area contributed by atoms with Crippen molar-refractivity contribution < 1.29 is 14.3 Å². The molecule has 0 aromatic heterocycles. The lowest BCUT2D eigenvalue weighted by Crippen LogP contribution is -2.42. The number of methoxy groups -OCH3 is 1. The van der Waals surface area contributed by atoms with Crippen LogP contribution < -0.4 is 10.6 Å². The Balaban J connectivity index is 2.51. The van der Waals surface area contributed by atoms with Gasteiger partial charge in [-0.05, 0) is 12.3 Å². The fraction of sp³-hybridized carbons (Fsp3) is 0.727.